The molecule has 6 nitrogen and oxygen atoms in total. The highest BCUT2D eigenvalue weighted by atomic mass is 16.5. The maximum absolute atomic E-state index is 12.5. The number of carbonyl (C=O) groups excluding carboxylic acids is 1. The van der Waals surface area contributed by atoms with Crippen LogP contribution < -0.4 is 19.5 Å². The third kappa shape index (κ3) is 5.86. The molecule has 3 aromatic carbocycles. The van der Waals surface area contributed by atoms with Crippen LogP contribution in [0.15, 0.2) is 97.3 Å². The van der Waals surface area contributed by atoms with E-state index in [-0.39, 0.29) is 12.5 Å². The van der Waals surface area contributed by atoms with Gasteiger partial charge in [0, 0.05) is 30.1 Å². The molecule has 0 unspecified atom stereocenters. The number of aryl methyl sites for hydroxylation is 1. The SMILES string of the molecule is Cc1ccccc1OCC(=O)Nc1cc(Oc2ccccc2)cc(Oc2cccnc2)c1. The summed E-state index contributed by atoms with van der Waals surface area (Å²) in [4.78, 5) is 16.6. The highest BCUT2D eigenvalue weighted by Gasteiger charge is 2.10. The molecule has 0 spiro atoms. The van der Waals surface area contributed by atoms with Crippen LogP contribution in [-0.2, 0) is 4.79 Å². The highest BCUT2D eigenvalue weighted by molar-refractivity contribution is 5.92. The smallest absolute Gasteiger partial charge is 0.262 e. The van der Waals surface area contributed by atoms with Gasteiger partial charge in [-0.05, 0) is 42.8 Å². The molecule has 1 N–H and O–H groups in total. The van der Waals surface area contributed by atoms with Gasteiger partial charge in [0.1, 0.15) is 28.7 Å². The summed E-state index contributed by atoms with van der Waals surface area (Å²) in [6.45, 7) is 1.81. The number of hydrogen-bond donors (Lipinski definition) is 1. The molecule has 0 atom stereocenters. The molecule has 0 aliphatic heterocycles. The number of ether oxygens (including phenoxy) is 3. The first-order chi connectivity index (χ1) is 15.7. The number of rotatable bonds is 8. The van der Waals surface area contributed by atoms with Crippen LogP contribution in [0.2, 0.25) is 0 Å². The van der Waals surface area contributed by atoms with E-state index in [1.807, 2.05) is 61.5 Å². The summed E-state index contributed by atoms with van der Waals surface area (Å²) in [5.41, 5.74) is 1.49. The Bertz CT molecular complexity index is 1120. The van der Waals surface area contributed by atoms with Gasteiger partial charge in [-0.2, -0.15) is 0 Å². The van der Waals surface area contributed by atoms with Crippen molar-refractivity contribution in [2.75, 3.05) is 11.9 Å². The van der Waals surface area contributed by atoms with Crippen LogP contribution in [0, 0.1) is 6.92 Å². The summed E-state index contributed by atoms with van der Waals surface area (Å²) in [5, 5.41) is 2.84. The highest BCUT2D eigenvalue weighted by Crippen LogP contribution is 2.32. The van der Waals surface area contributed by atoms with Gasteiger partial charge in [-0.1, -0.05) is 36.4 Å². The minimum Gasteiger partial charge on any atom is -0.483 e. The van der Waals surface area contributed by atoms with Crippen LogP contribution in [0.3, 0.4) is 0 Å². The second-order valence-corrected chi connectivity index (χ2v) is 7.00. The van der Waals surface area contributed by atoms with E-state index in [0.717, 1.165) is 5.56 Å². The van der Waals surface area contributed by atoms with Crippen LogP contribution in [-0.4, -0.2) is 17.5 Å². The number of nitrogens with zero attached hydrogens (tertiary/aromatic N) is 1. The second-order valence-electron chi connectivity index (χ2n) is 7.00. The summed E-state index contributed by atoms with van der Waals surface area (Å²) in [5.74, 6) is 2.65. The Labute approximate surface area is 186 Å². The van der Waals surface area contributed by atoms with Gasteiger partial charge < -0.3 is 19.5 Å². The number of anilines is 1. The first-order valence-corrected chi connectivity index (χ1v) is 10.1. The Hall–Kier alpha value is -4.32. The molecule has 0 aliphatic carbocycles. The van der Waals surface area contributed by atoms with Gasteiger partial charge in [-0.25, -0.2) is 0 Å². The molecule has 1 aromatic heterocycles. The number of pyridine rings is 1. The van der Waals surface area contributed by atoms with Gasteiger partial charge >= 0.3 is 0 Å². The minimum atomic E-state index is -0.294. The van der Waals surface area contributed by atoms with Crippen molar-refractivity contribution in [3.8, 4) is 28.7 Å². The molecule has 4 rings (SSSR count). The maximum Gasteiger partial charge on any atom is 0.262 e. The van der Waals surface area contributed by atoms with E-state index in [1.54, 1.807) is 42.7 Å². The van der Waals surface area contributed by atoms with Gasteiger partial charge in [-0.15, -0.1) is 0 Å². The van der Waals surface area contributed by atoms with Gasteiger partial charge in [0.15, 0.2) is 6.61 Å². The van der Waals surface area contributed by atoms with Crippen LogP contribution in [0.4, 0.5) is 5.69 Å². The van der Waals surface area contributed by atoms with Crippen LogP contribution >= 0.6 is 0 Å². The first-order valence-electron chi connectivity index (χ1n) is 10.1. The lowest BCUT2D eigenvalue weighted by Gasteiger charge is -2.13. The van der Waals surface area contributed by atoms with Crippen LogP contribution in [0.5, 0.6) is 28.7 Å². The minimum absolute atomic E-state index is 0.118. The molecule has 1 heterocycles. The van der Waals surface area contributed by atoms with Gasteiger partial charge in [0.25, 0.3) is 5.91 Å². The molecule has 0 saturated carbocycles. The molecule has 0 bridgehead atoms. The molecule has 0 fully saturated rings. The molecule has 1 amide bonds. The number of para-hydroxylation sites is 2. The van der Waals surface area contributed by atoms with Crippen molar-refractivity contribution < 1.29 is 19.0 Å². The third-order valence-corrected chi connectivity index (χ3v) is 4.47. The molecule has 0 aliphatic rings. The summed E-state index contributed by atoms with van der Waals surface area (Å²) >= 11 is 0. The quantitative estimate of drug-likeness (QED) is 0.375. The molecule has 0 radical (unpaired) electrons. The average Bonchev–Trinajstić information content (AvgIpc) is 2.80. The van der Waals surface area contributed by atoms with E-state index in [4.69, 9.17) is 14.2 Å². The van der Waals surface area contributed by atoms with E-state index in [1.165, 1.54) is 0 Å². The summed E-state index contributed by atoms with van der Waals surface area (Å²) in [6.07, 6.45) is 3.28. The zero-order valence-corrected chi connectivity index (χ0v) is 17.5. The van der Waals surface area contributed by atoms with Gasteiger partial charge in [0.2, 0.25) is 0 Å². The van der Waals surface area contributed by atoms with Crippen molar-refractivity contribution >= 4 is 11.6 Å². The lowest BCUT2D eigenvalue weighted by Crippen LogP contribution is -2.20. The van der Waals surface area contributed by atoms with Crippen molar-refractivity contribution in [1.29, 1.82) is 0 Å². The fraction of sp³-hybridized carbons (Fsp3) is 0.0769. The fourth-order valence-electron chi connectivity index (χ4n) is 2.99. The topological polar surface area (TPSA) is 69.7 Å². The summed E-state index contributed by atoms with van der Waals surface area (Å²) in [7, 11) is 0. The van der Waals surface area contributed by atoms with E-state index in [2.05, 4.69) is 10.3 Å². The van der Waals surface area contributed by atoms with E-state index >= 15 is 0 Å². The lowest BCUT2D eigenvalue weighted by molar-refractivity contribution is -0.118. The van der Waals surface area contributed by atoms with Crippen molar-refractivity contribution in [1.82, 2.24) is 4.98 Å². The molecule has 0 saturated heterocycles. The van der Waals surface area contributed by atoms with E-state index in [9.17, 15) is 4.79 Å². The summed E-state index contributed by atoms with van der Waals surface area (Å²) < 4.78 is 17.5. The van der Waals surface area contributed by atoms with Crippen molar-refractivity contribution in [3.63, 3.8) is 0 Å². The number of benzene rings is 3. The van der Waals surface area contributed by atoms with Crippen molar-refractivity contribution in [2.24, 2.45) is 0 Å². The number of amides is 1. The molecular formula is C26H22N2O4. The number of carbonyl (C=O) groups is 1. The Balaban J connectivity index is 1.51. The predicted molar refractivity (Wildman–Crippen MR) is 123 cm³/mol. The Morgan fingerprint density at radius 2 is 1.50 bits per heavy atom. The van der Waals surface area contributed by atoms with Gasteiger partial charge in [0.05, 0.1) is 6.20 Å². The van der Waals surface area contributed by atoms with Gasteiger partial charge in [-0.3, -0.25) is 9.78 Å². The molecule has 4 aromatic rings. The van der Waals surface area contributed by atoms with Crippen LogP contribution in [0.25, 0.3) is 0 Å². The predicted octanol–water partition coefficient (Wildman–Crippen LogP) is 5.99. The average molecular weight is 426 g/mol. The van der Waals surface area contributed by atoms with E-state index < -0.39 is 0 Å². The zero-order chi connectivity index (χ0) is 22.2. The Morgan fingerprint density at radius 3 is 2.22 bits per heavy atom. The summed E-state index contributed by atoms with van der Waals surface area (Å²) in [6, 6.07) is 25.7. The third-order valence-electron chi connectivity index (χ3n) is 4.47. The monoisotopic (exact) mass is 426 g/mol. The standard InChI is InChI=1S/C26H22N2O4/c1-19-8-5-6-12-25(19)30-18-26(29)28-20-14-23(31-21-9-3-2-4-10-21)16-24(15-20)32-22-11-7-13-27-17-22/h2-17H,18H2,1H3,(H,28,29). The second kappa shape index (κ2) is 10.1. The van der Waals surface area contributed by atoms with Crippen LogP contribution in [0.1, 0.15) is 5.56 Å². The zero-order valence-electron chi connectivity index (χ0n) is 17.5. The molecule has 160 valence electrons. The first kappa shape index (κ1) is 20.9. The molecule has 6 heteroatoms. The van der Waals surface area contributed by atoms with E-state index in [0.29, 0.717) is 34.4 Å². The number of aromatic nitrogens is 1. The fourth-order valence-corrected chi connectivity index (χ4v) is 2.99. The Morgan fingerprint density at radius 1 is 0.812 bits per heavy atom. The normalized spacial score (nSPS) is 10.3. The van der Waals surface area contributed by atoms with Crippen molar-refractivity contribution in [2.45, 2.75) is 6.92 Å². The number of hydrogen-bond acceptors (Lipinski definition) is 5. The molecule has 32 heavy (non-hydrogen) atoms. The Kier molecular flexibility index (Phi) is 6.63. The lowest BCUT2D eigenvalue weighted by atomic mass is 10.2. The number of nitrogens with one attached hydrogen (secondary N) is 1. The maximum atomic E-state index is 12.5. The van der Waals surface area contributed by atoms with Crippen molar-refractivity contribution in [3.05, 3.63) is 103 Å². The largest absolute Gasteiger partial charge is 0.483 e. The molecular weight excluding hydrogens is 404 g/mol.